The highest BCUT2D eigenvalue weighted by Crippen LogP contribution is 2.21. The summed E-state index contributed by atoms with van der Waals surface area (Å²) in [6, 6.07) is 13.0. The summed E-state index contributed by atoms with van der Waals surface area (Å²) < 4.78 is 1.91. The molecule has 0 radical (unpaired) electrons. The molecule has 0 aliphatic rings. The summed E-state index contributed by atoms with van der Waals surface area (Å²) in [4.78, 5) is 0. The Morgan fingerprint density at radius 2 is 1.89 bits per heavy atom. The van der Waals surface area contributed by atoms with Crippen molar-refractivity contribution in [2.45, 2.75) is 26.4 Å². The minimum atomic E-state index is 0.376. The van der Waals surface area contributed by atoms with Crippen LogP contribution >= 0.6 is 0 Å². The van der Waals surface area contributed by atoms with Crippen molar-refractivity contribution < 1.29 is 0 Å². The fourth-order valence-corrected chi connectivity index (χ4v) is 2.19. The maximum absolute atomic E-state index is 4.19. The molecule has 0 aliphatic heterocycles. The molecule has 1 atom stereocenters. The zero-order valence-electron chi connectivity index (χ0n) is 11.3. The minimum absolute atomic E-state index is 0.376. The third kappa shape index (κ3) is 2.99. The summed E-state index contributed by atoms with van der Waals surface area (Å²) in [6.07, 6.45) is 1.84. The van der Waals surface area contributed by atoms with Gasteiger partial charge in [-0.25, -0.2) is 0 Å². The first kappa shape index (κ1) is 12.8. The van der Waals surface area contributed by atoms with E-state index in [-0.39, 0.29) is 0 Å². The fraction of sp³-hybridized carbons (Fsp3) is 0.400. The first-order chi connectivity index (χ1) is 8.68. The summed E-state index contributed by atoms with van der Waals surface area (Å²) in [5, 5.41) is 7.81. The van der Waals surface area contributed by atoms with Gasteiger partial charge in [-0.15, -0.1) is 0 Å². The highest BCUT2D eigenvalue weighted by Gasteiger charge is 2.15. The van der Waals surface area contributed by atoms with Crippen LogP contribution in [0.15, 0.2) is 42.6 Å². The van der Waals surface area contributed by atoms with Gasteiger partial charge in [-0.05, 0) is 17.5 Å². The minimum Gasteiger partial charge on any atom is -0.304 e. The quantitative estimate of drug-likeness (QED) is 0.875. The highest BCUT2D eigenvalue weighted by molar-refractivity contribution is 5.19. The van der Waals surface area contributed by atoms with E-state index < -0.39 is 0 Å². The predicted molar refractivity (Wildman–Crippen MR) is 74.1 cm³/mol. The molecule has 1 unspecified atom stereocenters. The van der Waals surface area contributed by atoms with E-state index in [1.807, 2.05) is 17.9 Å². The van der Waals surface area contributed by atoms with E-state index in [9.17, 15) is 0 Å². The molecule has 3 nitrogen and oxygen atoms in total. The molecule has 0 spiro atoms. The van der Waals surface area contributed by atoms with Crippen LogP contribution in [0.25, 0.3) is 0 Å². The lowest BCUT2D eigenvalue weighted by Gasteiger charge is -2.23. The van der Waals surface area contributed by atoms with Gasteiger partial charge < -0.3 is 5.32 Å². The number of hydrogen-bond donors (Lipinski definition) is 1. The van der Waals surface area contributed by atoms with Crippen LogP contribution in [0.2, 0.25) is 0 Å². The van der Waals surface area contributed by atoms with Crippen molar-refractivity contribution in [2.75, 3.05) is 0 Å². The van der Waals surface area contributed by atoms with E-state index in [0.717, 1.165) is 6.54 Å². The topological polar surface area (TPSA) is 29.9 Å². The molecule has 0 saturated heterocycles. The number of aromatic nitrogens is 2. The number of benzene rings is 1. The van der Waals surface area contributed by atoms with Gasteiger partial charge in [0.25, 0.3) is 0 Å². The highest BCUT2D eigenvalue weighted by atomic mass is 15.3. The van der Waals surface area contributed by atoms with E-state index in [4.69, 9.17) is 0 Å². The van der Waals surface area contributed by atoms with E-state index in [1.54, 1.807) is 0 Å². The molecular weight excluding hydrogens is 222 g/mol. The third-order valence-electron chi connectivity index (χ3n) is 3.25. The molecule has 1 heterocycles. The van der Waals surface area contributed by atoms with Gasteiger partial charge in [-0.1, -0.05) is 44.2 Å². The van der Waals surface area contributed by atoms with E-state index >= 15 is 0 Å². The fourth-order valence-electron chi connectivity index (χ4n) is 2.19. The van der Waals surface area contributed by atoms with Crippen LogP contribution < -0.4 is 5.32 Å². The van der Waals surface area contributed by atoms with Crippen LogP contribution in [0.5, 0.6) is 0 Å². The number of rotatable bonds is 5. The number of hydrogen-bond acceptors (Lipinski definition) is 2. The van der Waals surface area contributed by atoms with Gasteiger partial charge in [-0.3, -0.25) is 4.68 Å². The molecule has 0 aliphatic carbocycles. The van der Waals surface area contributed by atoms with Gasteiger partial charge in [0, 0.05) is 25.8 Å². The maximum Gasteiger partial charge on any atom is 0.0518 e. The third-order valence-corrected chi connectivity index (χ3v) is 3.25. The summed E-state index contributed by atoms with van der Waals surface area (Å²) in [5.41, 5.74) is 2.55. The van der Waals surface area contributed by atoms with Crippen molar-refractivity contribution in [2.24, 2.45) is 13.0 Å². The Balaban J connectivity index is 2.06. The SMILES string of the molecule is CC(C)C(NCc1ccnn1C)c1ccccc1. The van der Waals surface area contributed by atoms with Crippen molar-refractivity contribution in [3.63, 3.8) is 0 Å². The van der Waals surface area contributed by atoms with E-state index in [1.165, 1.54) is 11.3 Å². The van der Waals surface area contributed by atoms with E-state index in [2.05, 4.69) is 60.7 Å². The largest absolute Gasteiger partial charge is 0.304 e. The van der Waals surface area contributed by atoms with Crippen molar-refractivity contribution in [1.29, 1.82) is 0 Å². The zero-order chi connectivity index (χ0) is 13.0. The summed E-state index contributed by atoms with van der Waals surface area (Å²) >= 11 is 0. The molecule has 1 aromatic carbocycles. The molecule has 2 aromatic rings. The number of nitrogens with zero attached hydrogens (tertiary/aromatic N) is 2. The Hall–Kier alpha value is -1.61. The Morgan fingerprint density at radius 3 is 2.44 bits per heavy atom. The second kappa shape index (κ2) is 5.83. The predicted octanol–water partition coefficient (Wildman–Crippen LogP) is 2.91. The zero-order valence-corrected chi connectivity index (χ0v) is 11.3. The van der Waals surface area contributed by atoms with Crippen molar-refractivity contribution in [3.05, 3.63) is 53.9 Å². The molecule has 1 N–H and O–H groups in total. The lowest BCUT2D eigenvalue weighted by Crippen LogP contribution is -2.26. The molecule has 0 amide bonds. The van der Waals surface area contributed by atoms with Crippen molar-refractivity contribution >= 4 is 0 Å². The average Bonchev–Trinajstić information content (AvgIpc) is 2.76. The smallest absolute Gasteiger partial charge is 0.0518 e. The van der Waals surface area contributed by atoms with Gasteiger partial charge in [0.2, 0.25) is 0 Å². The molecule has 0 fully saturated rings. The molecular formula is C15H21N3. The lowest BCUT2D eigenvalue weighted by molar-refractivity contribution is 0.404. The average molecular weight is 243 g/mol. The van der Waals surface area contributed by atoms with Crippen LogP contribution in [0.1, 0.15) is 31.1 Å². The second-order valence-corrected chi connectivity index (χ2v) is 4.96. The molecule has 3 heteroatoms. The first-order valence-corrected chi connectivity index (χ1v) is 6.43. The first-order valence-electron chi connectivity index (χ1n) is 6.43. The van der Waals surface area contributed by atoms with Crippen LogP contribution in [0.4, 0.5) is 0 Å². The van der Waals surface area contributed by atoms with Gasteiger partial charge in [-0.2, -0.15) is 5.10 Å². The molecule has 96 valence electrons. The number of aryl methyl sites for hydroxylation is 1. The maximum atomic E-state index is 4.19. The Labute approximate surface area is 109 Å². The summed E-state index contributed by atoms with van der Waals surface area (Å²) in [5.74, 6) is 0.556. The molecule has 18 heavy (non-hydrogen) atoms. The molecule has 2 rings (SSSR count). The standard InChI is InChI=1S/C15H21N3/c1-12(2)15(13-7-5-4-6-8-13)16-11-14-9-10-17-18(14)3/h4-10,12,15-16H,11H2,1-3H3. The Bertz CT molecular complexity index is 473. The van der Waals surface area contributed by atoms with Crippen molar-refractivity contribution in [1.82, 2.24) is 15.1 Å². The summed E-state index contributed by atoms with van der Waals surface area (Å²) in [6.45, 7) is 5.33. The van der Waals surface area contributed by atoms with Crippen LogP contribution in [0, 0.1) is 5.92 Å². The van der Waals surface area contributed by atoms with E-state index in [0.29, 0.717) is 12.0 Å². The van der Waals surface area contributed by atoms with Crippen LogP contribution in [-0.2, 0) is 13.6 Å². The monoisotopic (exact) mass is 243 g/mol. The summed E-state index contributed by atoms with van der Waals surface area (Å²) in [7, 11) is 1.98. The van der Waals surface area contributed by atoms with Gasteiger partial charge in [0.1, 0.15) is 0 Å². The van der Waals surface area contributed by atoms with Gasteiger partial charge in [0.05, 0.1) is 5.69 Å². The van der Waals surface area contributed by atoms with Crippen LogP contribution in [-0.4, -0.2) is 9.78 Å². The van der Waals surface area contributed by atoms with Crippen LogP contribution in [0.3, 0.4) is 0 Å². The number of nitrogens with one attached hydrogen (secondary N) is 1. The Morgan fingerprint density at radius 1 is 1.17 bits per heavy atom. The Kier molecular flexibility index (Phi) is 4.15. The van der Waals surface area contributed by atoms with Gasteiger partial charge in [0.15, 0.2) is 0 Å². The molecule has 0 bridgehead atoms. The molecule has 0 saturated carbocycles. The van der Waals surface area contributed by atoms with Gasteiger partial charge >= 0.3 is 0 Å². The normalized spacial score (nSPS) is 12.9. The second-order valence-electron chi connectivity index (χ2n) is 4.96. The van der Waals surface area contributed by atoms with Crippen molar-refractivity contribution in [3.8, 4) is 0 Å². The molecule has 1 aromatic heterocycles. The lowest BCUT2D eigenvalue weighted by atomic mass is 9.96.